The summed E-state index contributed by atoms with van der Waals surface area (Å²) < 4.78 is 15.6. The van der Waals surface area contributed by atoms with E-state index in [0.717, 1.165) is 31.4 Å². The Kier molecular flexibility index (Phi) is 11.1. The van der Waals surface area contributed by atoms with Crippen molar-refractivity contribution < 1.29 is 9.47 Å². The van der Waals surface area contributed by atoms with Crippen molar-refractivity contribution >= 4 is 27.9 Å². The second-order valence-corrected chi connectivity index (χ2v) is 9.06. The molecular formula is C20H33NO2S2. The first kappa shape index (κ1) is 22.2. The van der Waals surface area contributed by atoms with Crippen LogP contribution in [0.3, 0.4) is 0 Å². The van der Waals surface area contributed by atoms with Gasteiger partial charge in [-0.2, -0.15) is 0 Å². The number of benzene rings is 1. The first-order valence-corrected chi connectivity index (χ1v) is 11.5. The highest BCUT2D eigenvalue weighted by Gasteiger charge is 2.12. The van der Waals surface area contributed by atoms with E-state index in [4.69, 9.17) is 9.47 Å². The molecule has 0 amide bonds. The van der Waals surface area contributed by atoms with Crippen LogP contribution in [0.15, 0.2) is 28.7 Å². The smallest absolute Gasteiger partial charge is 0.396 e. The summed E-state index contributed by atoms with van der Waals surface area (Å²) in [7, 11) is 3.13. The second kappa shape index (κ2) is 12.5. The topological polar surface area (TPSA) is 30.8 Å². The monoisotopic (exact) mass is 383 g/mol. The Hall–Kier alpha value is -0.810. The van der Waals surface area contributed by atoms with Gasteiger partial charge in [0, 0.05) is 5.75 Å². The third-order valence-corrected chi connectivity index (χ3v) is 5.33. The minimum absolute atomic E-state index is 0.200. The maximum Gasteiger partial charge on any atom is 0.396 e. The lowest BCUT2D eigenvalue weighted by molar-refractivity contribution is 0.162. The van der Waals surface area contributed by atoms with Crippen LogP contribution < -0.4 is 0 Å². The summed E-state index contributed by atoms with van der Waals surface area (Å²) in [4.78, 5) is 0. The Labute approximate surface area is 161 Å². The number of hydrogen-bond acceptors (Lipinski definition) is 5. The highest BCUT2D eigenvalue weighted by Crippen LogP contribution is 2.29. The van der Waals surface area contributed by atoms with Gasteiger partial charge in [0.15, 0.2) is 0 Å². The molecule has 0 spiro atoms. The first-order chi connectivity index (χ1) is 12.0. The average molecular weight is 384 g/mol. The standard InChI is InChI=1S/C20H33NO2S2/c1-6-8-14-22-19(23-15-9-7-2)21-25-24-16-17-10-12-18(13-11-17)20(3,4)5/h10-13H,6-9,14-16H2,1-5H3. The van der Waals surface area contributed by atoms with Gasteiger partial charge in [0.05, 0.1) is 24.2 Å². The van der Waals surface area contributed by atoms with Gasteiger partial charge in [0.2, 0.25) is 0 Å². The lowest BCUT2D eigenvalue weighted by atomic mass is 9.87. The van der Waals surface area contributed by atoms with Crippen LogP contribution in [0.5, 0.6) is 0 Å². The molecule has 1 aromatic carbocycles. The fraction of sp³-hybridized carbons (Fsp3) is 0.650. The minimum atomic E-state index is 0.200. The summed E-state index contributed by atoms with van der Waals surface area (Å²) >= 11 is 0. The van der Waals surface area contributed by atoms with Gasteiger partial charge in [-0.15, -0.1) is 4.40 Å². The highest BCUT2D eigenvalue weighted by atomic mass is 33.1. The van der Waals surface area contributed by atoms with Crippen molar-refractivity contribution in [3.8, 4) is 0 Å². The van der Waals surface area contributed by atoms with Crippen LogP contribution in [-0.4, -0.2) is 19.3 Å². The van der Waals surface area contributed by atoms with Gasteiger partial charge in [-0.25, -0.2) is 0 Å². The van der Waals surface area contributed by atoms with E-state index in [2.05, 4.69) is 63.3 Å². The van der Waals surface area contributed by atoms with Gasteiger partial charge >= 0.3 is 6.08 Å². The Balaban J connectivity index is 2.42. The molecule has 0 saturated carbocycles. The Morgan fingerprint density at radius 3 is 2.00 bits per heavy atom. The van der Waals surface area contributed by atoms with Crippen LogP contribution in [0.2, 0.25) is 0 Å². The molecule has 0 aliphatic heterocycles. The Bertz CT molecular complexity index is 483. The molecule has 1 rings (SSSR count). The SMILES string of the molecule is CCCCOC(=NSSCc1ccc(C(C)(C)C)cc1)OCCCC. The Morgan fingerprint density at radius 1 is 0.960 bits per heavy atom. The predicted molar refractivity (Wildman–Crippen MR) is 113 cm³/mol. The number of ether oxygens (including phenoxy) is 2. The number of nitrogens with zero attached hydrogens (tertiary/aromatic N) is 1. The van der Waals surface area contributed by atoms with Crippen molar-refractivity contribution in [1.29, 1.82) is 0 Å². The lowest BCUT2D eigenvalue weighted by Gasteiger charge is -2.19. The summed E-state index contributed by atoms with van der Waals surface area (Å²) in [6.07, 6.45) is 4.67. The van der Waals surface area contributed by atoms with Gasteiger partial charge < -0.3 is 9.47 Å². The van der Waals surface area contributed by atoms with E-state index in [-0.39, 0.29) is 5.41 Å². The molecule has 0 N–H and O–H groups in total. The summed E-state index contributed by atoms with van der Waals surface area (Å²) in [5.74, 6) is 0.912. The van der Waals surface area contributed by atoms with Crippen LogP contribution in [-0.2, 0) is 20.6 Å². The summed E-state index contributed by atoms with van der Waals surface area (Å²) in [6, 6.07) is 8.84. The van der Waals surface area contributed by atoms with Crippen molar-refractivity contribution in [2.24, 2.45) is 4.40 Å². The second-order valence-electron chi connectivity index (χ2n) is 7.04. The fourth-order valence-electron chi connectivity index (χ4n) is 1.95. The molecule has 0 unspecified atom stereocenters. The summed E-state index contributed by atoms with van der Waals surface area (Å²) in [5, 5.41) is 0. The third kappa shape index (κ3) is 10.0. The molecule has 25 heavy (non-hydrogen) atoms. The maximum atomic E-state index is 5.63. The van der Waals surface area contributed by atoms with Gasteiger partial charge in [-0.3, -0.25) is 0 Å². The molecule has 0 atom stereocenters. The van der Waals surface area contributed by atoms with E-state index in [1.165, 1.54) is 22.1 Å². The third-order valence-electron chi connectivity index (χ3n) is 3.66. The molecule has 0 fully saturated rings. The Morgan fingerprint density at radius 2 is 1.52 bits per heavy atom. The molecule has 1 aromatic rings. The van der Waals surface area contributed by atoms with Crippen LogP contribution in [0.25, 0.3) is 0 Å². The van der Waals surface area contributed by atoms with Crippen molar-refractivity contribution in [2.45, 2.75) is 71.5 Å². The number of hydrogen-bond donors (Lipinski definition) is 0. The molecule has 142 valence electrons. The average Bonchev–Trinajstić information content (AvgIpc) is 2.58. The van der Waals surface area contributed by atoms with Crippen molar-refractivity contribution in [3.63, 3.8) is 0 Å². The van der Waals surface area contributed by atoms with Crippen molar-refractivity contribution in [2.75, 3.05) is 13.2 Å². The van der Waals surface area contributed by atoms with E-state index < -0.39 is 0 Å². The van der Waals surface area contributed by atoms with Gasteiger partial charge in [0.25, 0.3) is 0 Å². The van der Waals surface area contributed by atoms with Gasteiger partial charge in [-0.05, 0) is 29.4 Å². The molecular weight excluding hydrogens is 350 g/mol. The minimum Gasteiger partial charge on any atom is -0.450 e. The van der Waals surface area contributed by atoms with E-state index in [1.807, 2.05) is 0 Å². The summed E-state index contributed by atoms with van der Waals surface area (Å²) in [6.45, 7) is 12.3. The lowest BCUT2D eigenvalue weighted by Crippen LogP contribution is -2.11. The van der Waals surface area contributed by atoms with E-state index in [1.54, 1.807) is 10.8 Å². The van der Waals surface area contributed by atoms with Crippen molar-refractivity contribution in [3.05, 3.63) is 35.4 Å². The summed E-state index contributed by atoms with van der Waals surface area (Å²) in [5.41, 5.74) is 2.87. The van der Waals surface area contributed by atoms with E-state index >= 15 is 0 Å². The molecule has 0 radical (unpaired) electrons. The quantitative estimate of drug-likeness (QED) is 0.147. The zero-order valence-corrected chi connectivity index (χ0v) is 18.0. The predicted octanol–water partition coefficient (Wildman–Crippen LogP) is 6.77. The molecule has 0 aliphatic rings. The molecule has 0 aromatic heterocycles. The van der Waals surface area contributed by atoms with Crippen molar-refractivity contribution in [1.82, 2.24) is 0 Å². The molecule has 0 aliphatic carbocycles. The van der Waals surface area contributed by atoms with E-state index in [9.17, 15) is 0 Å². The zero-order chi connectivity index (χ0) is 18.5. The van der Waals surface area contributed by atoms with Crippen LogP contribution >= 0.6 is 21.8 Å². The molecule has 0 saturated heterocycles. The van der Waals surface area contributed by atoms with Gasteiger partial charge in [-0.1, -0.05) is 82.5 Å². The van der Waals surface area contributed by atoms with Crippen LogP contribution in [0, 0.1) is 0 Å². The largest absolute Gasteiger partial charge is 0.450 e. The van der Waals surface area contributed by atoms with Gasteiger partial charge in [0.1, 0.15) is 0 Å². The molecule has 0 bridgehead atoms. The van der Waals surface area contributed by atoms with E-state index in [0.29, 0.717) is 19.3 Å². The highest BCUT2D eigenvalue weighted by molar-refractivity contribution is 8.75. The maximum absolute atomic E-state index is 5.63. The number of rotatable bonds is 10. The zero-order valence-electron chi connectivity index (χ0n) is 16.3. The fourth-order valence-corrected chi connectivity index (χ4v) is 3.46. The molecule has 0 heterocycles. The number of unbranched alkanes of at least 4 members (excludes halogenated alkanes) is 2. The van der Waals surface area contributed by atoms with Crippen LogP contribution in [0.4, 0.5) is 0 Å². The molecule has 5 heteroatoms. The normalized spacial score (nSPS) is 11.2. The first-order valence-electron chi connectivity index (χ1n) is 9.19. The van der Waals surface area contributed by atoms with Crippen LogP contribution in [0.1, 0.15) is 71.4 Å². The molecule has 3 nitrogen and oxygen atoms in total.